The minimum Gasteiger partial charge on any atom is -2.00 e. The Morgan fingerprint density at radius 2 is 0.525 bits per heavy atom. The maximum atomic E-state index is 12.1. The number of unbranched alkanes of at least 4 members (excludes halogenated alkanes) is 8. The number of quaternary nitrogens is 2. The molecule has 0 heterocycles. The zero-order valence-electron chi connectivity index (χ0n) is 59.0. The Morgan fingerprint density at radius 3 is 0.677 bits per heavy atom. The van der Waals surface area contributed by atoms with Crippen molar-refractivity contribution in [1.82, 2.24) is 10.6 Å². The Kier molecular flexibility index (Phi) is 154. The second-order valence-corrected chi connectivity index (χ2v) is 21.4. The number of carbonyl (C=O) groups is 4. The van der Waals surface area contributed by atoms with Crippen LogP contribution < -0.4 is 41.3 Å². The summed E-state index contributed by atoms with van der Waals surface area (Å²) in [6, 6.07) is 11.9. The van der Waals surface area contributed by atoms with Gasteiger partial charge in [0, 0.05) is 124 Å². The first kappa shape index (κ1) is 155. The maximum Gasteiger partial charge on any atom is 0.338 e. The summed E-state index contributed by atoms with van der Waals surface area (Å²) in [5.74, 6) is -2.71. The van der Waals surface area contributed by atoms with Crippen LogP contribution >= 0.6 is 0 Å². The zero-order chi connectivity index (χ0) is 60.6. The number of benzene rings is 2. The van der Waals surface area contributed by atoms with Crippen LogP contribution in [0, 0.1) is 10.8 Å². The van der Waals surface area contributed by atoms with Crippen LogP contribution in [0.15, 0.2) is 73.8 Å². The number of carbonyl (C=O) groups excluding carboxylic acids is 4. The van der Waals surface area contributed by atoms with Crippen LogP contribution in [-0.4, -0.2) is 151 Å². The van der Waals surface area contributed by atoms with Gasteiger partial charge in [0.15, 0.2) is 0 Å². The summed E-state index contributed by atoms with van der Waals surface area (Å²) in [6.07, 6.45) is 25.1. The first-order chi connectivity index (χ1) is 38.5. The van der Waals surface area contributed by atoms with Gasteiger partial charge in [-0.1, -0.05) is 143 Å². The van der Waals surface area contributed by atoms with Crippen molar-refractivity contribution >= 4 is 23.8 Å². The molecule has 0 spiro atoms. The zero-order valence-corrected chi connectivity index (χ0v) is 67.4. The number of hydrogen-bond donors (Lipinski definition) is 2. The van der Waals surface area contributed by atoms with Gasteiger partial charge in [0.2, 0.25) is 0 Å². The third-order valence-electron chi connectivity index (χ3n) is 14.3. The van der Waals surface area contributed by atoms with Crippen LogP contribution in [-0.2, 0) is 192 Å². The van der Waals surface area contributed by atoms with E-state index >= 15 is 0 Å². The summed E-state index contributed by atoms with van der Waals surface area (Å²) in [5, 5.41) is 71.0. The van der Waals surface area contributed by atoms with E-state index in [1.807, 2.05) is 0 Å². The van der Waals surface area contributed by atoms with Crippen molar-refractivity contribution in [2.45, 2.75) is 158 Å². The van der Waals surface area contributed by atoms with Crippen LogP contribution in [0.2, 0.25) is 0 Å². The van der Waals surface area contributed by atoms with E-state index in [-0.39, 0.29) is 218 Å². The smallest absolute Gasteiger partial charge is 0.338 e. The van der Waals surface area contributed by atoms with Gasteiger partial charge in [0.25, 0.3) is 11.8 Å². The number of ether oxygens (including phenoxy) is 2. The van der Waals surface area contributed by atoms with E-state index in [1.54, 1.807) is 24.3 Å². The molecule has 0 atom stereocenters. The number of nitrogens with one attached hydrogen (secondary N) is 2. The molecule has 0 fully saturated rings. The van der Waals surface area contributed by atoms with Gasteiger partial charge in [-0.05, 0) is 86.5 Å². The fourth-order valence-corrected chi connectivity index (χ4v) is 8.62. The number of nitrogens with zero attached hydrogens (tertiary/aromatic N) is 2. The molecule has 2 N–H and O–H groups in total. The fraction of sp³-hybridized carbons (Fsp3) is 0.688. The average Bonchev–Trinajstić information content (AvgIpc) is 3.50. The SMILES string of the molecule is C=CCNC(=O)c1ccccc1C(=O)OCC(C[O-])(C[O-])C[O-].C=CCNC(=O)c1ccccc1C(=O)OCC(C[O-])(C[O-])C[O-].CCCC[N+](CCCC)(CCCC)CCCC.CCCC[N+](CCCC)(CCCC)CCCC.[O-2].[O-2].[O-2].[O-2].[O-2].[O-2].[O-2].[O-2].[O-2].[O-2].[O-2].[O-2].[O-2].[V].[V].[V].[V].[V].[V]. The van der Waals surface area contributed by atoms with Crippen LogP contribution in [0.3, 0.4) is 0 Å². The molecule has 2 amide bonds. The molecular weight excluding hydrogens is 1530 g/mol. The van der Waals surface area contributed by atoms with Crippen LogP contribution in [0.4, 0.5) is 0 Å². The largest absolute Gasteiger partial charge is 2.00 e. The molecular formula is C64H108N4O25V6-30. The van der Waals surface area contributed by atoms with Crippen molar-refractivity contribution in [2.24, 2.45) is 10.8 Å². The van der Waals surface area contributed by atoms with E-state index in [2.05, 4.69) is 79.2 Å². The monoisotopic (exact) mass is 1640 g/mol. The van der Waals surface area contributed by atoms with E-state index in [0.29, 0.717) is 0 Å². The molecule has 0 saturated heterocycles. The summed E-state index contributed by atoms with van der Waals surface area (Å²) in [7, 11) is 0. The molecule has 0 aliphatic rings. The quantitative estimate of drug-likeness (QED) is 0.0539. The summed E-state index contributed by atoms with van der Waals surface area (Å²) < 4.78 is 12.7. The van der Waals surface area contributed by atoms with E-state index < -0.39 is 87.4 Å². The second kappa shape index (κ2) is 98.5. The van der Waals surface area contributed by atoms with Gasteiger partial charge in [-0.25, -0.2) is 9.59 Å². The van der Waals surface area contributed by atoms with Gasteiger partial charge < -0.3 is 131 Å². The number of amides is 2. The Bertz CT molecular complexity index is 1760. The summed E-state index contributed by atoms with van der Waals surface area (Å²) >= 11 is 0. The van der Waals surface area contributed by atoms with E-state index in [4.69, 9.17) is 9.47 Å². The Hall–Kier alpha value is -1.53. The molecule has 0 aromatic heterocycles. The third kappa shape index (κ3) is 65.7. The molecule has 6 radical (unpaired) electrons. The van der Waals surface area contributed by atoms with Gasteiger partial charge in [-0.15, -0.1) is 52.8 Å². The van der Waals surface area contributed by atoms with Crippen molar-refractivity contribution < 1.29 is 251 Å². The molecule has 0 aliphatic carbocycles. The van der Waals surface area contributed by atoms with Crippen LogP contribution in [0.1, 0.15) is 200 Å². The van der Waals surface area contributed by atoms with E-state index in [9.17, 15) is 49.8 Å². The molecule has 35 heteroatoms. The Labute approximate surface area is 663 Å². The number of esters is 2. The van der Waals surface area contributed by atoms with Crippen molar-refractivity contribution in [1.29, 1.82) is 0 Å². The second-order valence-electron chi connectivity index (χ2n) is 21.4. The van der Waals surface area contributed by atoms with Crippen molar-refractivity contribution in [3.05, 3.63) is 96.1 Å². The Balaban J connectivity index is -0.0000000409. The molecule has 2 rings (SSSR count). The van der Waals surface area contributed by atoms with Crippen molar-refractivity contribution in [2.75, 3.05) is 118 Å². The Morgan fingerprint density at radius 1 is 0.354 bits per heavy atom. The predicted octanol–water partition coefficient (Wildman–Crippen LogP) is 4.10. The number of rotatable bonds is 42. The predicted molar refractivity (Wildman–Crippen MR) is 320 cm³/mol. The number of hydrogen-bond acceptors (Lipinski definition) is 12. The first-order valence-electron chi connectivity index (χ1n) is 30.0. The first-order valence-corrected chi connectivity index (χ1v) is 30.0. The van der Waals surface area contributed by atoms with Crippen molar-refractivity contribution in [3.63, 3.8) is 0 Å². The van der Waals surface area contributed by atoms with Gasteiger partial charge in [-0.3, -0.25) is 9.59 Å². The molecule has 29 nitrogen and oxygen atoms in total. The topological polar surface area (TPSA) is 620 Å². The molecule has 594 valence electrons. The van der Waals surface area contributed by atoms with Crippen LogP contribution in [0.25, 0.3) is 0 Å². The maximum absolute atomic E-state index is 12.1. The summed E-state index contributed by atoms with van der Waals surface area (Å²) in [4.78, 5) is 48.2. The molecule has 0 saturated carbocycles. The van der Waals surface area contributed by atoms with E-state index in [1.165, 1.54) is 200 Å². The third-order valence-corrected chi connectivity index (χ3v) is 14.3. The minimum absolute atomic E-state index is 0. The molecule has 0 aliphatic heterocycles. The molecule has 2 aromatic carbocycles. The van der Waals surface area contributed by atoms with Gasteiger partial charge in [-0.2, -0.15) is 0 Å². The average molecular weight is 1640 g/mol. The summed E-state index contributed by atoms with van der Waals surface area (Å²) in [6.45, 7) is 30.8. The van der Waals surface area contributed by atoms with Crippen LogP contribution in [0.5, 0.6) is 0 Å². The molecule has 2 aromatic rings. The van der Waals surface area contributed by atoms with Gasteiger partial charge in [0.05, 0.1) is 87.8 Å². The standard InChI is InChI=1S/2C16H18NO6.2C16H36N.13O.6V/c2*1-2-7-17-14(21)12-5-3-4-6-13(12)15(22)23-11-16(8-18,9-19)10-20;2*1-5-9-13-17(14-10-6-2,15-11-7-3)16-12-8-4;;;;;;;;;;;;;;;;;;;/h2*2-6H,1,7-11H2,(H,17,21);2*5-16H2,1-4H3;;;;;;;;;;;;;;;;;;;/q2*-3;2*+1;13*-2;;;;;;. The molecule has 0 unspecified atom stereocenters. The minimum atomic E-state index is -1.66. The van der Waals surface area contributed by atoms with Gasteiger partial charge >= 0.3 is 11.9 Å². The normalized spacial score (nSPS) is 9.19. The summed E-state index contributed by atoms with van der Waals surface area (Å²) in [5.41, 5.74) is -3.14. The molecule has 99 heavy (non-hydrogen) atoms. The van der Waals surface area contributed by atoms with E-state index in [0.717, 1.165) is 0 Å². The molecule has 0 bridgehead atoms. The van der Waals surface area contributed by atoms with Gasteiger partial charge in [0.1, 0.15) is 0 Å². The van der Waals surface area contributed by atoms with Crippen molar-refractivity contribution in [3.8, 4) is 0 Å². The fourth-order valence-electron chi connectivity index (χ4n) is 8.62.